The number of rotatable bonds is 4. The molecule has 2 atom stereocenters. The first-order valence-corrected chi connectivity index (χ1v) is 8.91. The number of nitrogens with zero attached hydrogens (tertiary/aromatic N) is 1. The molecule has 2 aromatic carbocycles. The van der Waals surface area contributed by atoms with E-state index >= 15 is 0 Å². The second-order valence-corrected chi connectivity index (χ2v) is 6.93. The Balaban J connectivity index is 1.61. The van der Waals surface area contributed by atoms with Gasteiger partial charge in [0.15, 0.2) is 6.10 Å². The molecule has 2 unspecified atom stereocenters. The lowest BCUT2D eigenvalue weighted by atomic mass is 9.97. The number of hydrogen-bond donors (Lipinski definition) is 0. The summed E-state index contributed by atoms with van der Waals surface area (Å²) in [6.07, 6.45) is 1.28. The monoisotopic (exact) mass is 353 g/mol. The van der Waals surface area contributed by atoms with Gasteiger partial charge >= 0.3 is 5.97 Å². The molecule has 26 heavy (non-hydrogen) atoms. The van der Waals surface area contributed by atoms with E-state index in [1.807, 2.05) is 19.1 Å². The van der Waals surface area contributed by atoms with Crippen LogP contribution in [0.4, 0.5) is 4.39 Å². The van der Waals surface area contributed by atoms with Crippen LogP contribution in [0.2, 0.25) is 0 Å². The van der Waals surface area contributed by atoms with Crippen LogP contribution in [0.1, 0.15) is 47.3 Å². The molecule has 2 aliphatic rings. The first-order chi connectivity index (χ1) is 12.6. The fourth-order valence-electron chi connectivity index (χ4n) is 3.64. The minimum Gasteiger partial charge on any atom is -0.448 e. The van der Waals surface area contributed by atoms with Gasteiger partial charge < -0.3 is 9.64 Å². The molecule has 0 radical (unpaired) electrons. The Morgan fingerprint density at radius 3 is 2.58 bits per heavy atom. The van der Waals surface area contributed by atoms with Crippen LogP contribution in [0.25, 0.3) is 0 Å². The Bertz CT molecular complexity index is 862. The second-order valence-electron chi connectivity index (χ2n) is 6.93. The van der Waals surface area contributed by atoms with Crippen molar-refractivity contribution in [1.29, 1.82) is 0 Å². The molecular formula is C21H20FNO3. The predicted octanol–water partition coefficient (Wildman–Crippen LogP) is 3.66. The zero-order chi connectivity index (χ0) is 18.3. The van der Waals surface area contributed by atoms with Crippen LogP contribution in [-0.2, 0) is 16.0 Å². The Hall–Kier alpha value is -2.69. The first kappa shape index (κ1) is 16.8. The third-order valence-corrected chi connectivity index (χ3v) is 5.13. The Morgan fingerprint density at radius 1 is 1.15 bits per heavy atom. The number of halogens is 1. The predicted molar refractivity (Wildman–Crippen MR) is 94.0 cm³/mol. The van der Waals surface area contributed by atoms with E-state index in [4.69, 9.17) is 4.74 Å². The van der Waals surface area contributed by atoms with Gasteiger partial charge in [0.1, 0.15) is 5.82 Å². The van der Waals surface area contributed by atoms with Crippen molar-refractivity contribution < 1.29 is 18.7 Å². The molecule has 5 heteroatoms. The van der Waals surface area contributed by atoms with Crippen LogP contribution in [-0.4, -0.2) is 28.9 Å². The number of carbonyl (C=O) groups excluding carboxylic acids is 2. The molecule has 1 heterocycles. The van der Waals surface area contributed by atoms with E-state index in [1.54, 1.807) is 35.2 Å². The van der Waals surface area contributed by atoms with Gasteiger partial charge in [-0.3, -0.25) is 4.79 Å². The molecule has 0 bridgehead atoms. The van der Waals surface area contributed by atoms with Gasteiger partial charge in [0, 0.05) is 18.0 Å². The zero-order valence-corrected chi connectivity index (χ0v) is 14.5. The summed E-state index contributed by atoms with van der Waals surface area (Å²) >= 11 is 0. The van der Waals surface area contributed by atoms with Gasteiger partial charge in [0.05, 0.1) is 11.6 Å². The summed E-state index contributed by atoms with van der Waals surface area (Å²) < 4.78 is 19.7. The number of carbonyl (C=O) groups is 2. The normalized spacial score (nSPS) is 20.1. The van der Waals surface area contributed by atoms with E-state index in [0.717, 1.165) is 18.4 Å². The van der Waals surface area contributed by atoms with E-state index in [2.05, 4.69) is 0 Å². The second kappa shape index (κ2) is 6.56. The first-order valence-electron chi connectivity index (χ1n) is 8.91. The van der Waals surface area contributed by atoms with Crippen molar-refractivity contribution in [2.45, 2.75) is 44.4 Å². The van der Waals surface area contributed by atoms with Crippen LogP contribution in [0.3, 0.4) is 0 Å². The molecule has 1 aliphatic carbocycles. The largest absolute Gasteiger partial charge is 0.448 e. The lowest BCUT2D eigenvalue weighted by molar-refractivity contribution is -0.144. The third-order valence-electron chi connectivity index (χ3n) is 5.13. The number of amides is 1. The zero-order valence-electron chi connectivity index (χ0n) is 14.5. The molecule has 2 aromatic rings. The van der Waals surface area contributed by atoms with Crippen LogP contribution < -0.4 is 0 Å². The SMILES string of the molecule is CC(c1ccccc1F)N(C(=O)C1Cc2ccccc2C(=O)O1)C1CC1. The molecule has 0 N–H and O–H groups in total. The quantitative estimate of drug-likeness (QED) is 0.788. The van der Waals surface area contributed by atoms with Crippen LogP contribution in [0, 0.1) is 5.82 Å². The lowest BCUT2D eigenvalue weighted by Crippen LogP contribution is -2.46. The number of cyclic esters (lactones) is 1. The van der Waals surface area contributed by atoms with Crippen molar-refractivity contribution in [1.82, 2.24) is 4.90 Å². The van der Waals surface area contributed by atoms with Crippen molar-refractivity contribution >= 4 is 11.9 Å². The van der Waals surface area contributed by atoms with Gasteiger partial charge in [-0.15, -0.1) is 0 Å². The van der Waals surface area contributed by atoms with Gasteiger partial charge in [-0.05, 0) is 37.5 Å². The molecule has 0 saturated heterocycles. The van der Waals surface area contributed by atoms with E-state index < -0.39 is 18.1 Å². The molecule has 4 rings (SSSR count). The molecule has 1 aliphatic heterocycles. The molecular weight excluding hydrogens is 333 g/mol. The van der Waals surface area contributed by atoms with Gasteiger partial charge in [0.25, 0.3) is 5.91 Å². The van der Waals surface area contributed by atoms with E-state index in [0.29, 0.717) is 17.5 Å². The van der Waals surface area contributed by atoms with Crippen LogP contribution in [0.15, 0.2) is 48.5 Å². The van der Waals surface area contributed by atoms with Crippen LogP contribution >= 0.6 is 0 Å². The van der Waals surface area contributed by atoms with Crippen molar-refractivity contribution in [2.24, 2.45) is 0 Å². The van der Waals surface area contributed by atoms with Gasteiger partial charge in [-0.1, -0.05) is 36.4 Å². The summed E-state index contributed by atoms with van der Waals surface area (Å²) in [6.45, 7) is 1.83. The van der Waals surface area contributed by atoms with E-state index in [-0.39, 0.29) is 17.8 Å². The number of esters is 1. The fourth-order valence-corrected chi connectivity index (χ4v) is 3.64. The number of hydrogen-bond acceptors (Lipinski definition) is 3. The van der Waals surface area contributed by atoms with Crippen molar-refractivity contribution in [3.05, 3.63) is 71.0 Å². The summed E-state index contributed by atoms with van der Waals surface area (Å²) in [5.74, 6) is -1.05. The molecule has 1 saturated carbocycles. The minimum atomic E-state index is -0.854. The van der Waals surface area contributed by atoms with Crippen LogP contribution in [0.5, 0.6) is 0 Å². The average Bonchev–Trinajstić information content (AvgIpc) is 3.47. The summed E-state index contributed by atoms with van der Waals surface area (Å²) in [7, 11) is 0. The van der Waals surface area contributed by atoms with Gasteiger partial charge in [0.2, 0.25) is 0 Å². The standard InChI is InChI=1S/C21H20FNO3/c1-13(16-7-4-5-9-18(16)22)23(15-10-11-15)20(24)19-12-14-6-2-3-8-17(14)21(25)26-19/h2-9,13,15,19H,10-12H2,1H3. The fraction of sp³-hybridized carbons (Fsp3) is 0.333. The minimum absolute atomic E-state index is 0.0768. The summed E-state index contributed by atoms with van der Waals surface area (Å²) in [5.41, 5.74) is 1.81. The highest BCUT2D eigenvalue weighted by molar-refractivity contribution is 5.96. The highest BCUT2D eigenvalue weighted by Gasteiger charge is 2.42. The molecule has 4 nitrogen and oxygen atoms in total. The summed E-state index contributed by atoms with van der Waals surface area (Å²) in [5, 5.41) is 0. The average molecular weight is 353 g/mol. The molecule has 1 fully saturated rings. The van der Waals surface area contributed by atoms with E-state index in [1.165, 1.54) is 6.07 Å². The van der Waals surface area contributed by atoms with Crippen molar-refractivity contribution in [3.8, 4) is 0 Å². The van der Waals surface area contributed by atoms with E-state index in [9.17, 15) is 14.0 Å². The Morgan fingerprint density at radius 2 is 1.85 bits per heavy atom. The smallest absolute Gasteiger partial charge is 0.339 e. The highest BCUT2D eigenvalue weighted by Crippen LogP contribution is 2.36. The maximum Gasteiger partial charge on any atom is 0.339 e. The number of benzene rings is 2. The lowest BCUT2D eigenvalue weighted by Gasteiger charge is -2.34. The number of ether oxygens (including phenoxy) is 1. The molecule has 134 valence electrons. The topological polar surface area (TPSA) is 46.6 Å². The maximum atomic E-state index is 14.2. The molecule has 0 aromatic heterocycles. The Labute approximate surface area is 151 Å². The number of fused-ring (bicyclic) bond motifs is 1. The third kappa shape index (κ3) is 2.98. The summed E-state index contributed by atoms with van der Waals surface area (Å²) in [6, 6.07) is 13.3. The summed E-state index contributed by atoms with van der Waals surface area (Å²) in [4.78, 5) is 27.1. The van der Waals surface area contributed by atoms with Gasteiger partial charge in [-0.25, -0.2) is 9.18 Å². The van der Waals surface area contributed by atoms with Crippen molar-refractivity contribution in [2.75, 3.05) is 0 Å². The van der Waals surface area contributed by atoms with Crippen molar-refractivity contribution in [3.63, 3.8) is 0 Å². The Kier molecular flexibility index (Phi) is 4.23. The highest BCUT2D eigenvalue weighted by atomic mass is 19.1. The molecule has 0 spiro atoms. The van der Waals surface area contributed by atoms with Gasteiger partial charge in [-0.2, -0.15) is 0 Å². The molecule has 1 amide bonds. The maximum absolute atomic E-state index is 14.2.